The predicted octanol–water partition coefficient (Wildman–Crippen LogP) is 2.35. The Labute approximate surface area is 96.1 Å². The van der Waals surface area contributed by atoms with Crippen LogP contribution < -0.4 is 5.32 Å². The lowest BCUT2D eigenvalue weighted by Crippen LogP contribution is -2.29. The maximum Gasteiger partial charge on any atom is 0.263 e. The van der Waals surface area contributed by atoms with E-state index in [1.807, 2.05) is 6.92 Å². The number of rotatable bonds is 4. The molecular weight excluding hydrogens is 264 g/mol. The number of carbonyl (C=O) groups excluding carboxylic acids is 1. The zero-order valence-electron chi connectivity index (χ0n) is 8.21. The van der Waals surface area contributed by atoms with Crippen molar-refractivity contribution in [3.05, 3.63) is 16.1 Å². The summed E-state index contributed by atoms with van der Waals surface area (Å²) in [5, 5.41) is 2.86. The van der Waals surface area contributed by atoms with Crippen LogP contribution in [0, 0.1) is 6.92 Å². The molecule has 1 aromatic rings. The summed E-state index contributed by atoms with van der Waals surface area (Å²) in [6.45, 7) is 4.58. The van der Waals surface area contributed by atoms with E-state index in [1.165, 1.54) is 11.3 Å². The molecule has 0 aromatic carbocycles. The molecule has 0 aliphatic heterocycles. The third-order valence-corrected chi connectivity index (χ3v) is 3.78. The van der Waals surface area contributed by atoms with E-state index in [2.05, 4.69) is 33.2 Å². The summed E-state index contributed by atoms with van der Waals surface area (Å²) in [6.07, 6.45) is 1.00. The number of nitrogens with zero attached hydrogens (tertiary/aromatic N) is 1. The first-order chi connectivity index (χ1) is 6.65. The fourth-order valence-electron chi connectivity index (χ4n) is 0.948. The number of nitrogens with one attached hydrogen (secondary N) is 1. The van der Waals surface area contributed by atoms with E-state index < -0.39 is 0 Å². The van der Waals surface area contributed by atoms with Gasteiger partial charge in [-0.3, -0.25) is 4.79 Å². The van der Waals surface area contributed by atoms with Crippen molar-refractivity contribution in [2.24, 2.45) is 0 Å². The van der Waals surface area contributed by atoms with Crippen LogP contribution in [0.4, 0.5) is 0 Å². The maximum atomic E-state index is 11.6. The molecule has 1 rings (SSSR count). The molecular formula is C9H13BrN2OS. The van der Waals surface area contributed by atoms with Crippen LogP contribution in [-0.2, 0) is 0 Å². The van der Waals surface area contributed by atoms with Gasteiger partial charge in [-0.1, -0.05) is 22.9 Å². The molecule has 0 saturated carbocycles. The van der Waals surface area contributed by atoms with Gasteiger partial charge in [0.2, 0.25) is 0 Å². The molecule has 1 amide bonds. The number of hydrogen-bond donors (Lipinski definition) is 1. The minimum atomic E-state index is -0.0251. The number of amides is 1. The van der Waals surface area contributed by atoms with Crippen LogP contribution in [-0.4, -0.2) is 22.3 Å². The van der Waals surface area contributed by atoms with Crippen molar-refractivity contribution in [1.82, 2.24) is 10.3 Å². The molecule has 0 fully saturated rings. The van der Waals surface area contributed by atoms with Crippen molar-refractivity contribution < 1.29 is 4.79 Å². The molecule has 0 aliphatic rings. The number of carbonyl (C=O) groups is 1. The molecule has 0 saturated heterocycles. The summed E-state index contributed by atoms with van der Waals surface area (Å²) in [7, 11) is 0. The van der Waals surface area contributed by atoms with Gasteiger partial charge in [-0.25, -0.2) is 4.98 Å². The second kappa shape index (κ2) is 5.46. The summed E-state index contributed by atoms with van der Waals surface area (Å²) in [5.74, 6) is -0.0251. The van der Waals surface area contributed by atoms with Crippen molar-refractivity contribution >= 4 is 33.2 Å². The number of thiazole rings is 1. The summed E-state index contributed by atoms with van der Waals surface area (Å²) in [5.41, 5.74) is 2.49. The largest absolute Gasteiger partial charge is 0.350 e. The Hall–Kier alpha value is -0.420. The topological polar surface area (TPSA) is 42.0 Å². The molecule has 1 unspecified atom stereocenters. The summed E-state index contributed by atoms with van der Waals surface area (Å²) >= 11 is 4.84. The highest BCUT2D eigenvalue weighted by Crippen LogP contribution is 2.11. The van der Waals surface area contributed by atoms with Crippen molar-refractivity contribution in [3.63, 3.8) is 0 Å². The van der Waals surface area contributed by atoms with E-state index in [1.54, 1.807) is 5.51 Å². The first-order valence-electron chi connectivity index (χ1n) is 4.47. The maximum absolute atomic E-state index is 11.6. The van der Waals surface area contributed by atoms with Gasteiger partial charge in [0, 0.05) is 11.4 Å². The molecule has 1 heterocycles. The Balaban J connectivity index is 2.47. The zero-order chi connectivity index (χ0) is 10.6. The van der Waals surface area contributed by atoms with E-state index in [4.69, 9.17) is 0 Å². The first-order valence-corrected chi connectivity index (χ1v) is 6.27. The lowest BCUT2D eigenvalue weighted by Gasteiger charge is -2.07. The van der Waals surface area contributed by atoms with E-state index in [9.17, 15) is 4.79 Å². The van der Waals surface area contributed by atoms with Gasteiger partial charge in [0.25, 0.3) is 5.91 Å². The Morgan fingerprint density at radius 3 is 3.00 bits per heavy atom. The van der Waals surface area contributed by atoms with Gasteiger partial charge in [0.05, 0.1) is 11.2 Å². The molecule has 5 heteroatoms. The first kappa shape index (κ1) is 11.7. The van der Waals surface area contributed by atoms with Gasteiger partial charge in [-0.05, 0) is 13.3 Å². The van der Waals surface area contributed by atoms with E-state index >= 15 is 0 Å². The summed E-state index contributed by atoms with van der Waals surface area (Å²) in [6, 6.07) is 0. The molecule has 3 nitrogen and oxygen atoms in total. The number of halogens is 1. The standard InChI is InChI=1S/C9H13BrN2OS/c1-3-7(10)4-11-9(13)8-6(2)12-5-14-8/h5,7H,3-4H2,1-2H3,(H,11,13). The average molecular weight is 277 g/mol. The zero-order valence-corrected chi connectivity index (χ0v) is 10.6. The van der Waals surface area contributed by atoms with Crippen LogP contribution in [0.2, 0.25) is 0 Å². The van der Waals surface area contributed by atoms with Gasteiger partial charge in [-0.2, -0.15) is 0 Å². The van der Waals surface area contributed by atoms with Crippen molar-refractivity contribution in [2.45, 2.75) is 25.1 Å². The van der Waals surface area contributed by atoms with Gasteiger partial charge in [-0.15, -0.1) is 11.3 Å². The summed E-state index contributed by atoms with van der Waals surface area (Å²) in [4.78, 5) is 16.7. The Morgan fingerprint density at radius 2 is 2.50 bits per heavy atom. The molecule has 0 aliphatic carbocycles. The number of hydrogen-bond acceptors (Lipinski definition) is 3. The van der Waals surface area contributed by atoms with Crippen LogP contribution in [0.25, 0.3) is 0 Å². The Morgan fingerprint density at radius 1 is 1.79 bits per heavy atom. The van der Waals surface area contributed by atoms with E-state index in [0.717, 1.165) is 12.1 Å². The number of alkyl halides is 1. The van der Waals surface area contributed by atoms with Crippen LogP contribution in [0.15, 0.2) is 5.51 Å². The van der Waals surface area contributed by atoms with Crippen LogP contribution >= 0.6 is 27.3 Å². The second-order valence-corrected chi connectivity index (χ2v) is 5.13. The van der Waals surface area contributed by atoms with Crippen molar-refractivity contribution in [3.8, 4) is 0 Å². The fourth-order valence-corrected chi connectivity index (χ4v) is 1.83. The molecule has 0 bridgehead atoms. The Bertz CT molecular complexity index is 314. The third-order valence-electron chi connectivity index (χ3n) is 1.88. The normalized spacial score (nSPS) is 12.5. The third kappa shape index (κ3) is 3.06. The van der Waals surface area contributed by atoms with E-state index in [0.29, 0.717) is 16.2 Å². The second-order valence-electron chi connectivity index (χ2n) is 2.98. The SMILES string of the molecule is CCC(Br)CNC(=O)c1scnc1C. The highest BCUT2D eigenvalue weighted by Gasteiger charge is 2.11. The molecule has 0 radical (unpaired) electrons. The minimum absolute atomic E-state index is 0.0251. The highest BCUT2D eigenvalue weighted by molar-refractivity contribution is 9.09. The Kier molecular flexibility index (Phi) is 4.54. The van der Waals surface area contributed by atoms with Crippen LogP contribution in [0.5, 0.6) is 0 Å². The molecule has 0 spiro atoms. The van der Waals surface area contributed by atoms with Crippen LogP contribution in [0.1, 0.15) is 28.7 Å². The van der Waals surface area contributed by atoms with Gasteiger partial charge in [0.15, 0.2) is 0 Å². The molecule has 1 aromatic heterocycles. The average Bonchev–Trinajstić information content (AvgIpc) is 2.60. The quantitative estimate of drug-likeness (QED) is 0.858. The monoisotopic (exact) mass is 276 g/mol. The van der Waals surface area contributed by atoms with E-state index in [-0.39, 0.29) is 5.91 Å². The fraction of sp³-hybridized carbons (Fsp3) is 0.556. The molecule has 1 atom stereocenters. The lowest BCUT2D eigenvalue weighted by molar-refractivity contribution is 0.0957. The van der Waals surface area contributed by atoms with Crippen molar-refractivity contribution in [2.75, 3.05) is 6.54 Å². The molecule has 78 valence electrons. The number of aryl methyl sites for hydroxylation is 1. The lowest BCUT2D eigenvalue weighted by atomic mass is 10.3. The summed E-state index contributed by atoms with van der Waals surface area (Å²) < 4.78 is 0. The van der Waals surface area contributed by atoms with Gasteiger partial charge >= 0.3 is 0 Å². The van der Waals surface area contributed by atoms with Crippen molar-refractivity contribution in [1.29, 1.82) is 0 Å². The highest BCUT2D eigenvalue weighted by atomic mass is 79.9. The van der Waals surface area contributed by atoms with Gasteiger partial charge in [0.1, 0.15) is 4.88 Å². The minimum Gasteiger partial charge on any atom is -0.350 e. The molecule has 14 heavy (non-hydrogen) atoms. The predicted molar refractivity (Wildman–Crippen MR) is 62.2 cm³/mol. The number of aromatic nitrogens is 1. The van der Waals surface area contributed by atoms with Gasteiger partial charge < -0.3 is 5.32 Å². The van der Waals surface area contributed by atoms with Crippen LogP contribution in [0.3, 0.4) is 0 Å². The molecule has 1 N–H and O–H groups in total. The smallest absolute Gasteiger partial charge is 0.263 e.